The summed E-state index contributed by atoms with van der Waals surface area (Å²) in [5.74, 6) is -0.851. The molecule has 3 aromatic rings. The van der Waals surface area contributed by atoms with Gasteiger partial charge in [0.05, 0.1) is 24.1 Å². The number of pyridine rings is 2. The van der Waals surface area contributed by atoms with Gasteiger partial charge in [-0.2, -0.15) is 13.2 Å². The first kappa shape index (κ1) is 25.9. The molecule has 3 heterocycles. The van der Waals surface area contributed by atoms with Crippen LogP contribution in [-0.4, -0.2) is 29.7 Å². The molecule has 0 fully saturated rings. The molecule has 1 aliphatic rings. The van der Waals surface area contributed by atoms with Crippen molar-refractivity contribution in [1.29, 1.82) is 0 Å². The number of allylic oxidation sites excluding steroid dienone is 2. The lowest BCUT2D eigenvalue weighted by molar-refractivity contribution is -0.141. The van der Waals surface area contributed by atoms with Crippen molar-refractivity contribution in [2.75, 3.05) is 23.6 Å². The number of benzene rings is 1. The Bertz CT molecular complexity index is 1360. The number of carbonyl (C=O) groups excluding carboxylic acids is 1. The molecule has 0 saturated heterocycles. The minimum Gasteiger partial charge on any atom is -0.481 e. The summed E-state index contributed by atoms with van der Waals surface area (Å²) in [6, 6.07) is 9.13. The molecular weight excluding hydrogens is 488 g/mol. The zero-order chi connectivity index (χ0) is 26.7. The highest BCUT2D eigenvalue weighted by atomic mass is 19.4. The van der Waals surface area contributed by atoms with Gasteiger partial charge in [0, 0.05) is 11.8 Å². The quantitative estimate of drug-likeness (QED) is 0.264. The summed E-state index contributed by atoms with van der Waals surface area (Å²) >= 11 is 0. The van der Waals surface area contributed by atoms with Crippen LogP contribution in [0.5, 0.6) is 5.88 Å². The summed E-state index contributed by atoms with van der Waals surface area (Å²) in [6.07, 6.45) is -0.158. The first-order chi connectivity index (χ1) is 17.7. The Kier molecular flexibility index (Phi) is 7.28. The van der Waals surface area contributed by atoms with Crippen LogP contribution in [0, 0.1) is 5.82 Å². The maximum absolute atomic E-state index is 14.1. The first-order valence-corrected chi connectivity index (χ1v) is 11.4. The van der Waals surface area contributed by atoms with Crippen LogP contribution >= 0.6 is 0 Å². The van der Waals surface area contributed by atoms with E-state index < -0.39 is 23.6 Å². The van der Waals surface area contributed by atoms with Gasteiger partial charge in [-0.1, -0.05) is 12.2 Å². The molecule has 1 aliphatic heterocycles. The van der Waals surface area contributed by atoms with E-state index in [1.807, 2.05) is 0 Å². The average molecular weight is 513 g/mol. The Morgan fingerprint density at radius 3 is 2.46 bits per heavy atom. The Hall–Kier alpha value is -4.21. The van der Waals surface area contributed by atoms with Crippen LogP contribution in [-0.2, 0) is 19.0 Å². The van der Waals surface area contributed by atoms with Crippen molar-refractivity contribution in [3.05, 3.63) is 96.1 Å². The Balaban J connectivity index is 1.92. The molecule has 6 nitrogen and oxygen atoms in total. The molecule has 192 valence electrons. The van der Waals surface area contributed by atoms with Gasteiger partial charge in [0.2, 0.25) is 5.88 Å². The van der Waals surface area contributed by atoms with Crippen molar-refractivity contribution in [3.8, 4) is 5.88 Å². The standard InChI is InChI=1S/C27H24F4N4O2/c1-4-6-8-20-22(12-14-24(32-20)37-3)35-16-34(21-11-9-18(28)15-17(21)7-5-2)25-19(26(35)36)10-13-23(33-25)27(29,30)31/h4-5,9-15H,1-2,6-8,16H2,3H3. The number of fused-ring (bicyclic) bond motifs is 1. The number of nitrogens with zero attached hydrogens (tertiary/aromatic N) is 4. The molecule has 37 heavy (non-hydrogen) atoms. The van der Waals surface area contributed by atoms with Crippen molar-refractivity contribution in [2.24, 2.45) is 0 Å². The van der Waals surface area contributed by atoms with Crippen LogP contribution in [0.3, 0.4) is 0 Å². The van der Waals surface area contributed by atoms with E-state index in [0.717, 1.165) is 12.1 Å². The predicted octanol–water partition coefficient (Wildman–Crippen LogP) is 6.25. The minimum atomic E-state index is -4.72. The van der Waals surface area contributed by atoms with Crippen LogP contribution < -0.4 is 14.5 Å². The molecule has 0 radical (unpaired) electrons. The molecule has 0 aliphatic carbocycles. The number of hydrogen-bond donors (Lipinski definition) is 0. The lowest BCUT2D eigenvalue weighted by Gasteiger charge is -2.38. The number of alkyl halides is 3. The SMILES string of the molecule is C=CCCc1nc(OC)ccc1N1CN(c2ccc(F)cc2CC=C)c2nc(C(F)(F)F)ccc2C1=O. The molecule has 0 unspecified atom stereocenters. The number of aryl methyl sites for hydroxylation is 1. The molecule has 2 aromatic heterocycles. The summed E-state index contributed by atoms with van der Waals surface area (Å²) in [7, 11) is 1.48. The fourth-order valence-corrected chi connectivity index (χ4v) is 4.17. The number of aromatic nitrogens is 2. The fourth-order valence-electron chi connectivity index (χ4n) is 4.17. The van der Waals surface area contributed by atoms with Crippen molar-refractivity contribution in [3.63, 3.8) is 0 Å². The third kappa shape index (κ3) is 5.18. The van der Waals surface area contributed by atoms with Gasteiger partial charge in [-0.05, 0) is 61.2 Å². The summed E-state index contributed by atoms with van der Waals surface area (Å²) in [5.41, 5.74) is 0.744. The van der Waals surface area contributed by atoms with Gasteiger partial charge in [-0.15, -0.1) is 13.2 Å². The molecule has 10 heteroatoms. The highest BCUT2D eigenvalue weighted by molar-refractivity contribution is 6.12. The van der Waals surface area contributed by atoms with Crippen LogP contribution in [0.2, 0.25) is 0 Å². The van der Waals surface area contributed by atoms with E-state index in [1.165, 1.54) is 35.1 Å². The largest absolute Gasteiger partial charge is 0.481 e. The molecule has 0 saturated carbocycles. The lowest BCUT2D eigenvalue weighted by atomic mass is 10.0. The van der Waals surface area contributed by atoms with E-state index in [2.05, 4.69) is 23.1 Å². The average Bonchev–Trinajstić information content (AvgIpc) is 2.87. The molecule has 0 N–H and O–H groups in total. The molecule has 1 aromatic carbocycles. The highest BCUT2D eigenvalue weighted by Gasteiger charge is 2.38. The maximum Gasteiger partial charge on any atom is 0.433 e. The van der Waals surface area contributed by atoms with Gasteiger partial charge in [-0.3, -0.25) is 9.69 Å². The smallest absolute Gasteiger partial charge is 0.433 e. The predicted molar refractivity (Wildman–Crippen MR) is 133 cm³/mol. The monoisotopic (exact) mass is 512 g/mol. The number of carbonyl (C=O) groups is 1. The number of rotatable bonds is 8. The number of hydrogen-bond acceptors (Lipinski definition) is 5. The van der Waals surface area contributed by atoms with Crippen LogP contribution in [0.15, 0.2) is 67.8 Å². The van der Waals surface area contributed by atoms with E-state index >= 15 is 0 Å². The second-order valence-electron chi connectivity index (χ2n) is 8.28. The number of methoxy groups -OCH3 is 1. The zero-order valence-corrected chi connectivity index (χ0v) is 20.1. The summed E-state index contributed by atoms with van der Waals surface area (Å²) in [4.78, 5) is 24.8. The summed E-state index contributed by atoms with van der Waals surface area (Å²) < 4.78 is 60.0. The lowest BCUT2D eigenvalue weighted by Crippen LogP contribution is -2.46. The van der Waals surface area contributed by atoms with Crippen molar-refractivity contribution >= 4 is 23.1 Å². The Morgan fingerprint density at radius 2 is 1.78 bits per heavy atom. The summed E-state index contributed by atoms with van der Waals surface area (Å²) in [6.45, 7) is 7.25. The van der Waals surface area contributed by atoms with Crippen LogP contribution in [0.1, 0.15) is 33.7 Å². The fraction of sp³-hybridized carbons (Fsp3) is 0.222. The van der Waals surface area contributed by atoms with E-state index in [9.17, 15) is 22.4 Å². The van der Waals surface area contributed by atoms with Gasteiger partial charge in [0.15, 0.2) is 0 Å². The minimum absolute atomic E-state index is 0.0291. The number of amides is 1. The molecule has 0 bridgehead atoms. The third-order valence-corrected chi connectivity index (χ3v) is 5.89. The van der Waals surface area contributed by atoms with E-state index in [0.29, 0.717) is 41.4 Å². The normalized spacial score (nSPS) is 13.4. The van der Waals surface area contributed by atoms with E-state index in [1.54, 1.807) is 24.3 Å². The Morgan fingerprint density at radius 1 is 1.03 bits per heavy atom. The van der Waals surface area contributed by atoms with Gasteiger partial charge in [0.1, 0.15) is 24.0 Å². The van der Waals surface area contributed by atoms with Gasteiger partial charge in [-0.25, -0.2) is 14.4 Å². The highest BCUT2D eigenvalue weighted by Crippen LogP contribution is 2.39. The van der Waals surface area contributed by atoms with Gasteiger partial charge in [0.25, 0.3) is 5.91 Å². The second-order valence-corrected chi connectivity index (χ2v) is 8.28. The van der Waals surface area contributed by atoms with Gasteiger partial charge >= 0.3 is 6.18 Å². The number of ether oxygens (including phenoxy) is 1. The first-order valence-electron chi connectivity index (χ1n) is 11.4. The maximum atomic E-state index is 14.1. The van der Waals surface area contributed by atoms with E-state index in [-0.39, 0.29) is 24.5 Å². The van der Waals surface area contributed by atoms with E-state index in [4.69, 9.17) is 4.74 Å². The second kappa shape index (κ2) is 10.4. The Labute approximate surface area is 211 Å². The number of halogens is 4. The molecule has 0 spiro atoms. The molecule has 0 atom stereocenters. The van der Waals surface area contributed by atoms with Crippen molar-refractivity contribution < 1.29 is 27.1 Å². The van der Waals surface area contributed by atoms with Crippen molar-refractivity contribution in [2.45, 2.75) is 25.4 Å². The van der Waals surface area contributed by atoms with Crippen molar-refractivity contribution in [1.82, 2.24) is 9.97 Å². The van der Waals surface area contributed by atoms with Crippen LogP contribution in [0.25, 0.3) is 0 Å². The number of anilines is 3. The van der Waals surface area contributed by atoms with Crippen LogP contribution in [0.4, 0.5) is 34.8 Å². The third-order valence-electron chi connectivity index (χ3n) is 5.89. The van der Waals surface area contributed by atoms with Gasteiger partial charge < -0.3 is 9.64 Å². The molecule has 4 rings (SSSR count). The zero-order valence-electron chi connectivity index (χ0n) is 20.1. The summed E-state index contributed by atoms with van der Waals surface area (Å²) in [5, 5.41) is 0. The molecular formula is C27H24F4N4O2. The molecule has 1 amide bonds. The topological polar surface area (TPSA) is 58.6 Å².